The van der Waals surface area contributed by atoms with Crippen molar-refractivity contribution in [1.82, 2.24) is 4.98 Å². The van der Waals surface area contributed by atoms with Crippen molar-refractivity contribution in [2.24, 2.45) is 0 Å². The SMILES string of the molecule is CCNc1cncc(NC2CCCC2SC)c1. The Labute approximate surface area is 108 Å². The lowest BCUT2D eigenvalue weighted by Crippen LogP contribution is -2.25. The van der Waals surface area contributed by atoms with Gasteiger partial charge in [-0.2, -0.15) is 11.8 Å². The second-order valence-corrected chi connectivity index (χ2v) is 5.53. The lowest BCUT2D eigenvalue weighted by atomic mass is 10.2. The van der Waals surface area contributed by atoms with Crippen LogP contribution in [0.5, 0.6) is 0 Å². The molecule has 0 aromatic carbocycles. The van der Waals surface area contributed by atoms with Gasteiger partial charge in [0.2, 0.25) is 0 Å². The fourth-order valence-electron chi connectivity index (χ4n) is 2.41. The van der Waals surface area contributed by atoms with Gasteiger partial charge in [-0.15, -0.1) is 0 Å². The zero-order chi connectivity index (χ0) is 12.1. The summed E-state index contributed by atoms with van der Waals surface area (Å²) in [5, 5.41) is 7.66. The van der Waals surface area contributed by atoms with Crippen LogP contribution < -0.4 is 10.6 Å². The molecule has 2 atom stereocenters. The number of nitrogens with one attached hydrogen (secondary N) is 2. The second kappa shape index (κ2) is 6.15. The first-order chi connectivity index (χ1) is 8.33. The monoisotopic (exact) mass is 251 g/mol. The minimum absolute atomic E-state index is 0.601. The van der Waals surface area contributed by atoms with Gasteiger partial charge >= 0.3 is 0 Å². The van der Waals surface area contributed by atoms with E-state index in [9.17, 15) is 0 Å². The first-order valence-electron chi connectivity index (χ1n) is 6.31. The summed E-state index contributed by atoms with van der Waals surface area (Å²) in [6.07, 6.45) is 9.93. The number of rotatable bonds is 5. The molecule has 1 aromatic rings. The first-order valence-corrected chi connectivity index (χ1v) is 7.60. The van der Waals surface area contributed by atoms with E-state index in [4.69, 9.17) is 0 Å². The van der Waals surface area contributed by atoms with Gasteiger partial charge in [-0.1, -0.05) is 6.42 Å². The topological polar surface area (TPSA) is 37.0 Å². The minimum Gasteiger partial charge on any atom is -0.384 e. The molecule has 0 bridgehead atoms. The first kappa shape index (κ1) is 12.6. The van der Waals surface area contributed by atoms with Gasteiger partial charge in [0, 0.05) is 17.8 Å². The molecule has 2 N–H and O–H groups in total. The molecule has 1 aromatic heterocycles. The average molecular weight is 251 g/mol. The second-order valence-electron chi connectivity index (χ2n) is 4.45. The quantitative estimate of drug-likeness (QED) is 0.842. The van der Waals surface area contributed by atoms with Crippen LogP contribution in [0, 0.1) is 0 Å². The molecule has 0 amide bonds. The molecule has 17 heavy (non-hydrogen) atoms. The van der Waals surface area contributed by atoms with E-state index >= 15 is 0 Å². The van der Waals surface area contributed by atoms with Crippen molar-refractivity contribution in [3.05, 3.63) is 18.5 Å². The van der Waals surface area contributed by atoms with Gasteiger partial charge in [0.15, 0.2) is 0 Å². The Hall–Kier alpha value is -0.900. The number of hydrogen-bond acceptors (Lipinski definition) is 4. The largest absolute Gasteiger partial charge is 0.384 e. The molecular formula is C13H21N3S. The summed E-state index contributed by atoms with van der Waals surface area (Å²) >= 11 is 1.98. The molecule has 2 rings (SSSR count). The van der Waals surface area contributed by atoms with Crippen LogP contribution in [0.1, 0.15) is 26.2 Å². The van der Waals surface area contributed by atoms with Gasteiger partial charge in [-0.25, -0.2) is 0 Å². The van der Waals surface area contributed by atoms with Crippen molar-refractivity contribution < 1.29 is 0 Å². The summed E-state index contributed by atoms with van der Waals surface area (Å²) in [7, 11) is 0. The van der Waals surface area contributed by atoms with Crippen LogP contribution in [0.3, 0.4) is 0 Å². The molecular weight excluding hydrogens is 230 g/mol. The standard InChI is InChI=1S/C13H21N3S/c1-3-15-10-7-11(9-14-8-10)16-12-5-4-6-13(12)17-2/h7-9,12-13,15-16H,3-6H2,1-2H3. The molecule has 0 radical (unpaired) electrons. The van der Waals surface area contributed by atoms with Gasteiger partial charge < -0.3 is 10.6 Å². The molecule has 1 heterocycles. The van der Waals surface area contributed by atoms with E-state index in [1.807, 2.05) is 24.2 Å². The molecule has 0 saturated heterocycles. The zero-order valence-corrected chi connectivity index (χ0v) is 11.4. The Morgan fingerprint density at radius 3 is 2.94 bits per heavy atom. The average Bonchev–Trinajstić information content (AvgIpc) is 2.77. The van der Waals surface area contributed by atoms with E-state index in [0.29, 0.717) is 6.04 Å². The Kier molecular flexibility index (Phi) is 4.54. The lowest BCUT2D eigenvalue weighted by Gasteiger charge is -2.20. The van der Waals surface area contributed by atoms with Crippen LogP contribution in [0.25, 0.3) is 0 Å². The highest BCUT2D eigenvalue weighted by molar-refractivity contribution is 7.99. The molecule has 94 valence electrons. The predicted molar refractivity (Wildman–Crippen MR) is 77.0 cm³/mol. The molecule has 3 nitrogen and oxygen atoms in total. The van der Waals surface area contributed by atoms with Crippen molar-refractivity contribution in [2.75, 3.05) is 23.4 Å². The highest BCUT2D eigenvalue weighted by Gasteiger charge is 2.26. The smallest absolute Gasteiger partial charge is 0.0549 e. The summed E-state index contributed by atoms with van der Waals surface area (Å²) in [4.78, 5) is 4.26. The van der Waals surface area contributed by atoms with E-state index in [1.165, 1.54) is 19.3 Å². The number of aromatic nitrogens is 1. The molecule has 1 saturated carbocycles. The zero-order valence-electron chi connectivity index (χ0n) is 10.6. The van der Waals surface area contributed by atoms with Crippen LogP contribution in [-0.4, -0.2) is 29.1 Å². The number of pyridine rings is 1. The van der Waals surface area contributed by atoms with Crippen LogP contribution in [0.4, 0.5) is 11.4 Å². The molecule has 2 unspecified atom stereocenters. The van der Waals surface area contributed by atoms with Crippen LogP contribution in [0.2, 0.25) is 0 Å². The predicted octanol–water partition coefficient (Wildman–Crippen LogP) is 3.21. The maximum Gasteiger partial charge on any atom is 0.0549 e. The number of nitrogens with zero attached hydrogens (tertiary/aromatic N) is 1. The van der Waals surface area contributed by atoms with Crippen LogP contribution in [0.15, 0.2) is 18.5 Å². The third-order valence-corrected chi connectivity index (χ3v) is 4.40. The van der Waals surface area contributed by atoms with E-state index in [2.05, 4.69) is 34.9 Å². The maximum absolute atomic E-state index is 4.26. The highest BCUT2D eigenvalue weighted by atomic mass is 32.2. The van der Waals surface area contributed by atoms with Gasteiger partial charge in [0.05, 0.1) is 23.8 Å². The lowest BCUT2D eigenvalue weighted by molar-refractivity contribution is 0.768. The molecule has 1 fully saturated rings. The fourth-order valence-corrected chi connectivity index (χ4v) is 3.34. The normalized spacial score (nSPS) is 23.6. The fraction of sp³-hybridized carbons (Fsp3) is 0.615. The van der Waals surface area contributed by atoms with E-state index in [-0.39, 0.29) is 0 Å². The summed E-state index contributed by atoms with van der Waals surface area (Å²) in [5.74, 6) is 0. The van der Waals surface area contributed by atoms with Crippen LogP contribution >= 0.6 is 11.8 Å². The Balaban J connectivity index is 2.00. The van der Waals surface area contributed by atoms with Crippen LogP contribution in [-0.2, 0) is 0 Å². The number of thioether (sulfide) groups is 1. The third-order valence-electron chi connectivity index (χ3n) is 3.23. The van der Waals surface area contributed by atoms with E-state index in [1.54, 1.807) is 0 Å². The number of hydrogen-bond donors (Lipinski definition) is 2. The molecule has 0 spiro atoms. The van der Waals surface area contributed by atoms with Crippen molar-refractivity contribution in [1.29, 1.82) is 0 Å². The molecule has 1 aliphatic rings. The van der Waals surface area contributed by atoms with Crippen molar-refractivity contribution >= 4 is 23.1 Å². The highest BCUT2D eigenvalue weighted by Crippen LogP contribution is 2.30. The summed E-state index contributed by atoms with van der Waals surface area (Å²) < 4.78 is 0. The maximum atomic E-state index is 4.26. The molecule has 4 heteroatoms. The summed E-state index contributed by atoms with van der Waals surface area (Å²) in [6, 6.07) is 2.75. The summed E-state index contributed by atoms with van der Waals surface area (Å²) in [6.45, 7) is 3.03. The third kappa shape index (κ3) is 3.28. The summed E-state index contributed by atoms with van der Waals surface area (Å²) in [5.41, 5.74) is 2.23. The minimum atomic E-state index is 0.601. The molecule has 1 aliphatic carbocycles. The molecule has 0 aliphatic heterocycles. The Morgan fingerprint density at radius 1 is 1.35 bits per heavy atom. The Bertz CT molecular complexity index is 356. The Morgan fingerprint density at radius 2 is 2.18 bits per heavy atom. The van der Waals surface area contributed by atoms with E-state index in [0.717, 1.165) is 23.2 Å². The van der Waals surface area contributed by atoms with Crippen molar-refractivity contribution in [3.8, 4) is 0 Å². The van der Waals surface area contributed by atoms with Gasteiger partial charge in [0.25, 0.3) is 0 Å². The van der Waals surface area contributed by atoms with Crippen molar-refractivity contribution in [2.45, 2.75) is 37.5 Å². The van der Waals surface area contributed by atoms with Gasteiger partial charge in [-0.05, 0) is 32.1 Å². The van der Waals surface area contributed by atoms with Gasteiger partial charge in [-0.3, -0.25) is 4.98 Å². The van der Waals surface area contributed by atoms with E-state index < -0.39 is 0 Å². The number of anilines is 2. The van der Waals surface area contributed by atoms with Gasteiger partial charge in [0.1, 0.15) is 0 Å². The van der Waals surface area contributed by atoms with Crippen molar-refractivity contribution in [3.63, 3.8) is 0 Å².